The van der Waals surface area contributed by atoms with Gasteiger partial charge in [-0.15, -0.1) is 24.8 Å². The molecule has 8 N–H and O–H groups in total. The van der Waals surface area contributed by atoms with Crippen molar-refractivity contribution >= 4 is 124 Å². The third-order valence-corrected chi connectivity index (χ3v) is 28.4. The first-order valence-corrected chi connectivity index (χ1v) is 51.3. The van der Waals surface area contributed by atoms with Crippen molar-refractivity contribution in [3.05, 3.63) is 237 Å². The van der Waals surface area contributed by atoms with Crippen molar-refractivity contribution in [1.29, 1.82) is 0 Å². The molecule has 0 bridgehead atoms. The molecule has 21 rings (SSSR count). The smallest absolute Gasteiger partial charge is 0.326 e. The van der Waals surface area contributed by atoms with Crippen LogP contribution < -0.4 is 31.9 Å². The monoisotopic (exact) mass is 2120 g/mol. The molecular formula is C106H123Cl2F8N30O3P. The van der Waals surface area contributed by atoms with Gasteiger partial charge < -0.3 is 64.9 Å². The van der Waals surface area contributed by atoms with Gasteiger partial charge in [0.25, 0.3) is 0 Å². The first-order chi connectivity index (χ1) is 70.5. The van der Waals surface area contributed by atoms with Gasteiger partial charge in [-0.3, -0.25) is 9.80 Å². The number of pyridine rings is 4. The standard InChI is InChI=1S/C30H36F2N8.C26H31F2N8O3P.2C25H27F2N7.2ClH/c1-19-34-29-23(31)15-21(16-26(29)40(19)22-7-5-4-6-8-22)28-24(32)17-33-30(37-28)36-27-10-9-20-18-39(14-13-38(2)3)12-11-25(20)35-27;1-15(2)36-16(3)30-25-19(27)11-18(12-22(25)36)24-20(28)13-29-26(33-24)32-23-6-5-17-14-35(8-7-21(17)31-23)10-9-34(4)40(37,38)39;2*1-13-16-6-7-21(31-19(16)8-9-28-13)32-24-29-12-18(27)22(33-24)15-10-17(26)23-20(11-15)34(14(2)30-23)25(3,4)5;;/h9-10,15-17,22H,4-8,11-14,18H2,1-3H3,(H,33,35,36,37);5-6,11-13,15H,7-10,14H2,1-4H3,(H2,37,38,39)(H,29,31,32,33);2*6-7,10-13,28H,8-9H2,1-5H3,(H,29,31,32,33);2*1H/t;;2*13-;;/m..10../s1. The van der Waals surface area contributed by atoms with Crippen molar-refractivity contribution in [1.82, 2.24) is 128 Å². The molecule has 44 heteroatoms. The Hall–Kier alpha value is -13.2. The van der Waals surface area contributed by atoms with Crippen LogP contribution in [0.5, 0.6) is 0 Å². The summed E-state index contributed by atoms with van der Waals surface area (Å²) in [5, 5.41) is 19.1. The number of rotatable bonds is 21. The maximum Gasteiger partial charge on any atom is 0.402 e. The highest BCUT2D eigenvalue weighted by molar-refractivity contribution is 7.49. The number of aromatic nitrogens is 20. The molecule has 33 nitrogen and oxygen atoms in total. The molecule has 0 spiro atoms. The minimum absolute atomic E-state index is 0. The normalized spacial score (nSPS) is 15.5. The van der Waals surface area contributed by atoms with Gasteiger partial charge in [-0.2, -0.15) is 0 Å². The number of likely N-dealkylation sites (N-methyl/N-ethyl adjacent to an activating group) is 2. The lowest BCUT2D eigenvalue weighted by molar-refractivity contribution is 0.220. The van der Waals surface area contributed by atoms with E-state index in [-0.39, 0.29) is 135 Å². The maximum atomic E-state index is 15.3. The lowest BCUT2D eigenvalue weighted by atomic mass is 9.95. The van der Waals surface area contributed by atoms with Crippen LogP contribution in [0, 0.1) is 74.2 Å². The lowest BCUT2D eigenvalue weighted by Gasteiger charge is -2.30. The van der Waals surface area contributed by atoms with Crippen LogP contribution in [0.25, 0.3) is 89.2 Å². The van der Waals surface area contributed by atoms with Crippen molar-refractivity contribution in [3.8, 4) is 45.0 Å². The highest BCUT2D eigenvalue weighted by Crippen LogP contribution is 2.42. The molecule has 150 heavy (non-hydrogen) atoms. The molecule has 12 aromatic heterocycles. The van der Waals surface area contributed by atoms with Gasteiger partial charge in [-0.1, -0.05) is 43.5 Å². The summed E-state index contributed by atoms with van der Waals surface area (Å²) in [5.41, 5.74) is 12.6. The van der Waals surface area contributed by atoms with E-state index in [2.05, 4.69) is 160 Å². The molecule has 0 amide bonds. The second-order valence-electron chi connectivity index (χ2n) is 40.8. The third kappa shape index (κ3) is 24.0. The van der Waals surface area contributed by atoms with Gasteiger partial charge in [-0.25, -0.2) is 124 Å². The molecule has 16 aromatic rings. The van der Waals surface area contributed by atoms with Gasteiger partial charge in [0.15, 0.2) is 46.5 Å². The molecule has 1 aliphatic carbocycles. The second-order valence-corrected chi connectivity index (χ2v) is 42.5. The number of benzene rings is 4. The summed E-state index contributed by atoms with van der Waals surface area (Å²) in [7, 11) is 1.32. The summed E-state index contributed by atoms with van der Waals surface area (Å²) in [5.74, 6) is 1.13. The van der Waals surface area contributed by atoms with Crippen LogP contribution in [-0.4, -0.2) is 201 Å². The number of halogens is 10. The van der Waals surface area contributed by atoms with Gasteiger partial charge in [0.05, 0.1) is 46.9 Å². The van der Waals surface area contributed by atoms with Crippen LogP contribution >= 0.6 is 32.6 Å². The predicted molar refractivity (Wildman–Crippen MR) is 570 cm³/mol. The van der Waals surface area contributed by atoms with Crippen molar-refractivity contribution in [2.24, 2.45) is 0 Å². The highest BCUT2D eigenvalue weighted by Gasteiger charge is 2.33. The van der Waals surface area contributed by atoms with E-state index in [4.69, 9.17) is 4.98 Å². The summed E-state index contributed by atoms with van der Waals surface area (Å²) in [6.07, 6.45) is 13.1. The van der Waals surface area contributed by atoms with E-state index in [1.807, 2.05) is 126 Å². The lowest BCUT2D eigenvalue weighted by Crippen LogP contribution is -2.36. The Labute approximate surface area is 875 Å². The van der Waals surface area contributed by atoms with Gasteiger partial charge in [0, 0.05) is 171 Å². The maximum absolute atomic E-state index is 15.3. The van der Waals surface area contributed by atoms with E-state index in [0.29, 0.717) is 111 Å². The van der Waals surface area contributed by atoms with Crippen molar-refractivity contribution in [2.45, 2.75) is 203 Å². The Morgan fingerprint density at radius 2 is 0.760 bits per heavy atom. The molecule has 0 unspecified atom stereocenters. The Kier molecular flexibility index (Phi) is 33.0. The first kappa shape index (κ1) is 109. The number of aryl methyl sites for hydroxylation is 4. The zero-order chi connectivity index (χ0) is 105. The Balaban J connectivity index is 0.000000142. The van der Waals surface area contributed by atoms with Crippen molar-refractivity contribution in [3.63, 3.8) is 0 Å². The van der Waals surface area contributed by atoms with Crippen LogP contribution in [0.2, 0.25) is 0 Å². The number of nitrogens with one attached hydrogen (secondary N) is 6. The quantitative estimate of drug-likeness (QED) is 0.0245. The van der Waals surface area contributed by atoms with E-state index in [1.54, 1.807) is 37.3 Å². The molecule has 0 saturated heterocycles. The predicted octanol–water partition coefficient (Wildman–Crippen LogP) is 21.0. The molecule has 2 atom stereocenters. The average molecular weight is 2120 g/mol. The summed E-state index contributed by atoms with van der Waals surface area (Å²) >= 11 is 0. The third-order valence-electron chi connectivity index (χ3n) is 27.3. The summed E-state index contributed by atoms with van der Waals surface area (Å²) < 4.78 is 140. The molecule has 4 aromatic carbocycles. The number of fused-ring (bicyclic) bond motifs is 8. The fourth-order valence-corrected chi connectivity index (χ4v) is 20.7. The molecule has 4 aliphatic heterocycles. The van der Waals surface area contributed by atoms with Gasteiger partial charge in [0.2, 0.25) is 23.8 Å². The van der Waals surface area contributed by atoms with E-state index in [1.165, 1.54) is 43.3 Å². The van der Waals surface area contributed by atoms with Gasteiger partial charge >= 0.3 is 7.75 Å². The van der Waals surface area contributed by atoms with Crippen LogP contribution in [0.15, 0.2) is 122 Å². The second kappa shape index (κ2) is 45.1. The zero-order valence-corrected chi connectivity index (χ0v) is 89.1. The number of imidazole rings is 4. The van der Waals surface area contributed by atoms with E-state index in [0.717, 1.165) is 159 Å². The fourth-order valence-electron chi connectivity index (χ4n) is 20.3. The number of hydrogen-bond acceptors (Lipinski definition) is 26. The SMILES string of the molecule is Cc1nc2c(F)cc(-c3nc(Nc4ccc5c(n4)CCN(CCN(C)C)C5)ncc3F)cc2n1C1CCCCC1.Cc1nc2c(F)cc(-c3nc(Nc4ccc5c(n4)CCN(CCN(C)P(=O)(O)O)C5)ncc3F)cc2n1C(C)C.Cc1nc2c(F)cc(-c3nc(Nc4ccc5c(n4)CCN[C@@H]5C)ncc3F)cc2n1C(C)(C)C.Cc1nc2c(F)cc(-c3nc(Nc4ccc5c(n4)CCN[C@H]5C)ncc3F)cc2n1C(C)(C)C.Cl.Cl. The molecule has 0 radical (unpaired) electrons. The summed E-state index contributed by atoms with van der Waals surface area (Å²) in [6, 6.07) is 28.2. The molecule has 1 fully saturated rings. The minimum atomic E-state index is -4.25. The molecule has 16 heterocycles. The molecule has 1 saturated carbocycles. The van der Waals surface area contributed by atoms with Crippen LogP contribution in [-0.2, 0) is 54.4 Å². The zero-order valence-electron chi connectivity index (χ0n) is 86.6. The first-order valence-electron chi connectivity index (χ1n) is 49.7. The molecular weight excluding hydrogens is 2000 g/mol. The highest BCUT2D eigenvalue weighted by atomic mass is 35.5. The van der Waals surface area contributed by atoms with Crippen molar-refractivity contribution in [2.75, 3.05) is 94.8 Å². The largest absolute Gasteiger partial charge is 0.402 e. The Morgan fingerprint density at radius 1 is 0.420 bits per heavy atom. The Morgan fingerprint density at radius 3 is 1.13 bits per heavy atom. The minimum Gasteiger partial charge on any atom is -0.326 e. The summed E-state index contributed by atoms with van der Waals surface area (Å²) in [6.45, 7) is 35.3. The van der Waals surface area contributed by atoms with Gasteiger partial charge in [0.1, 0.15) is 91.4 Å². The average Bonchev–Trinajstić information content (AvgIpc) is 1.61. The summed E-state index contributed by atoms with van der Waals surface area (Å²) in [4.78, 5) is 95.6. The van der Waals surface area contributed by atoms with Crippen LogP contribution in [0.1, 0.15) is 194 Å². The van der Waals surface area contributed by atoms with Crippen LogP contribution in [0.3, 0.4) is 0 Å². The molecule has 5 aliphatic rings. The number of hydrogen-bond donors (Lipinski definition) is 8. The number of anilines is 8. The fraction of sp³-hybridized carbons (Fsp3) is 0.396. The van der Waals surface area contributed by atoms with Crippen molar-refractivity contribution < 1.29 is 49.5 Å². The topological polar surface area (TPSA) is 369 Å². The van der Waals surface area contributed by atoms with E-state index >= 15 is 17.6 Å². The van der Waals surface area contributed by atoms with Crippen LogP contribution in [0.4, 0.5) is 82.2 Å². The van der Waals surface area contributed by atoms with Gasteiger partial charge in [-0.05, 0) is 226 Å². The van der Waals surface area contributed by atoms with E-state index in [9.17, 15) is 31.9 Å². The number of nitrogens with zero attached hydrogens (tertiary/aromatic N) is 24. The Bertz CT molecular complexity index is 7560. The molecule has 790 valence electrons. The van der Waals surface area contributed by atoms with E-state index < -0.39 is 54.3 Å².